The summed E-state index contributed by atoms with van der Waals surface area (Å²) >= 11 is 10.2. The van der Waals surface area contributed by atoms with Crippen molar-refractivity contribution in [3.63, 3.8) is 0 Å². The van der Waals surface area contributed by atoms with Gasteiger partial charge in [0.25, 0.3) is 0 Å². The normalized spacial score (nSPS) is 26.7. The summed E-state index contributed by atoms with van der Waals surface area (Å²) < 4.78 is 6.32. The Balaban J connectivity index is 2.08. The van der Waals surface area contributed by atoms with E-state index in [9.17, 15) is 0 Å². The lowest BCUT2D eigenvalue weighted by Gasteiger charge is -2.40. The van der Waals surface area contributed by atoms with Gasteiger partial charge in [-0.25, -0.2) is 0 Å². The fraction of sp³-hybridized carbons (Fsp3) is 0.667. The largest absolute Gasteiger partial charge is 0.496 e. The van der Waals surface area contributed by atoms with E-state index < -0.39 is 0 Å². The maximum Gasteiger partial charge on any atom is 0.133 e. The van der Waals surface area contributed by atoms with Crippen molar-refractivity contribution in [2.24, 2.45) is 17.3 Å². The van der Waals surface area contributed by atoms with Crippen LogP contribution in [0, 0.1) is 17.3 Å². The van der Waals surface area contributed by atoms with Gasteiger partial charge in [-0.2, -0.15) is 0 Å². The summed E-state index contributed by atoms with van der Waals surface area (Å²) in [7, 11) is 1.70. The summed E-state index contributed by atoms with van der Waals surface area (Å²) in [6, 6.07) is 6.36. The first-order chi connectivity index (χ1) is 9.81. The highest BCUT2D eigenvalue weighted by Crippen LogP contribution is 2.43. The molecule has 3 heteroatoms. The Morgan fingerprint density at radius 3 is 2.57 bits per heavy atom. The summed E-state index contributed by atoms with van der Waals surface area (Å²) in [4.78, 5) is 0. The van der Waals surface area contributed by atoms with Gasteiger partial charge < -0.3 is 4.74 Å². The lowest BCUT2D eigenvalue weighted by molar-refractivity contribution is 0.144. The summed E-state index contributed by atoms with van der Waals surface area (Å²) in [5.74, 6) is 2.24. The molecule has 118 valence electrons. The van der Waals surface area contributed by atoms with Gasteiger partial charge in [-0.1, -0.05) is 26.8 Å². The lowest BCUT2D eigenvalue weighted by Crippen LogP contribution is -2.33. The van der Waals surface area contributed by atoms with Crippen molar-refractivity contribution < 1.29 is 4.74 Å². The first-order valence-corrected chi connectivity index (χ1v) is 9.00. The van der Waals surface area contributed by atoms with E-state index in [2.05, 4.69) is 48.8 Å². The number of alkyl halides is 1. The van der Waals surface area contributed by atoms with Gasteiger partial charge in [0.15, 0.2) is 0 Å². The first-order valence-electron chi connectivity index (χ1n) is 7.77. The number of benzene rings is 1. The van der Waals surface area contributed by atoms with Crippen LogP contribution in [0.4, 0.5) is 0 Å². The Bertz CT molecular complexity index is 481. The molecule has 0 amide bonds. The van der Waals surface area contributed by atoms with E-state index in [0.717, 1.165) is 29.0 Å². The SMILES string of the molecule is COc1ccc(CC2CC(C(C)(C)C)CCC2Cl)cc1Br. The smallest absolute Gasteiger partial charge is 0.133 e. The van der Waals surface area contributed by atoms with Crippen LogP contribution in [0.15, 0.2) is 22.7 Å². The van der Waals surface area contributed by atoms with E-state index in [1.165, 1.54) is 18.4 Å². The van der Waals surface area contributed by atoms with Crippen LogP contribution in [0.25, 0.3) is 0 Å². The average molecular weight is 374 g/mol. The van der Waals surface area contributed by atoms with Crippen molar-refractivity contribution in [2.45, 2.75) is 51.8 Å². The average Bonchev–Trinajstić information content (AvgIpc) is 2.40. The number of methoxy groups -OCH3 is 1. The molecule has 0 spiro atoms. The van der Waals surface area contributed by atoms with E-state index in [1.807, 2.05) is 6.07 Å². The molecular weight excluding hydrogens is 348 g/mol. The van der Waals surface area contributed by atoms with Gasteiger partial charge in [-0.05, 0) is 76.6 Å². The minimum absolute atomic E-state index is 0.310. The second-order valence-corrected chi connectivity index (χ2v) is 8.74. The fourth-order valence-electron chi connectivity index (χ4n) is 3.36. The molecular formula is C18H26BrClO. The Labute approximate surface area is 142 Å². The highest BCUT2D eigenvalue weighted by molar-refractivity contribution is 9.10. The highest BCUT2D eigenvalue weighted by Gasteiger charge is 2.35. The molecule has 0 saturated heterocycles. The second-order valence-electron chi connectivity index (χ2n) is 7.33. The molecule has 3 atom stereocenters. The van der Waals surface area contributed by atoms with Gasteiger partial charge in [0.05, 0.1) is 11.6 Å². The molecule has 1 aromatic carbocycles. The first kappa shape index (κ1) is 17.1. The van der Waals surface area contributed by atoms with E-state index in [0.29, 0.717) is 16.7 Å². The molecule has 0 aromatic heterocycles. The number of halogens is 2. The summed E-state index contributed by atoms with van der Waals surface area (Å²) in [6.45, 7) is 7.06. The third kappa shape index (κ3) is 4.39. The molecule has 2 rings (SSSR count). The Kier molecular flexibility index (Phi) is 5.65. The zero-order valence-electron chi connectivity index (χ0n) is 13.5. The molecule has 1 nitrogen and oxygen atoms in total. The van der Waals surface area contributed by atoms with E-state index >= 15 is 0 Å². The van der Waals surface area contributed by atoms with Crippen LogP contribution in [0.3, 0.4) is 0 Å². The molecule has 1 aliphatic carbocycles. The molecule has 1 aromatic rings. The van der Waals surface area contributed by atoms with Gasteiger partial charge >= 0.3 is 0 Å². The monoisotopic (exact) mass is 372 g/mol. The summed E-state index contributed by atoms with van der Waals surface area (Å²) in [6.07, 6.45) is 4.70. The minimum Gasteiger partial charge on any atom is -0.496 e. The molecule has 0 bridgehead atoms. The topological polar surface area (TPSA) is 9.23 Å². The Hall–Kier alpha value is -0.210. The minimum atomic E-state index is 0.310. The van der Waals surface area contributed by atoms with Crippen molar-refractivity contribution in [3.8, 4) is 5.75 Å². The molecule has 0 heterocycles. The number of rotatable bonds is 3. The van der Waals surface area contributed by atoms with Crippen molar-refractivity contribution in [1.29, 1.82) is 0 Å². The van der Waals surface area contributed by atoms with Crippen LogP contribution in [0.2, 0.25) is 0 Å². The van der Waals surface area contributed by atoms with E-state index in [-0.39, 0.29) is 0 Å². The van der Waals surface area contributed by atoms with Crippen LogP contribution in [0.5, 0.6) is 5.75 Å². The summed E-state index contributed by atoms with van der Waals surface area (Å²) in [5.41, 5.74) is 1.73. The molecule has 21 heavy (non-hydrogen) atoms. The number of hydrogen-bond donors (Lipinski definition) is 0. The van der Waals surface area contributed by atoms with Gasteiger partial charge in [0, 0.05) is 5.38 Å². The van der Waals surface area contributed by atoms with Crippen molar-refractivity contribution in [3.05, 3.63) is 28.2 Å². The van der Waals surface area contributed by atoms with Crippen molar-refractivity contribution in [2.75, 3.05) is 7.11 Å². The van der Waals surface area contributed by atoms with Crippen molar-refractivity contribution in [1.82, 2.24) is 0 Å². The van der Waals surface area contributed by atoms with Gasteiger partial charge in [-0.15, -0.1) is 11.6 Å². The zero-order chi connectivity index (χ0) is 15.6. The molecule has 1 aliphatic rings. The second kappa shape index (κ2) is 6.91. The standard InChI is InChI=1S/C18H26BrClO/c1-18(2,3)14-6-7-16(20)13(11-14)9-12-5-8-17(21-4)15(19)10-12/h5,8,10,13-14,16H,6-7,9,11H2,1-4H3. The van der Waals surface area contributed by atoms with Crippen LogP contribution in [0.1, 0.15) is 45.6 Å². The van der Waals surface area contributed by atoms with E-state index in [4.69, 9.17) is 16.3 Å². The molecule has 1 saturated carbocycles. The predicted octanol–water partition coefficient (Wildman–Crippen LogP) is 6.07. The third-order valence-corrected chi connectivity index (χ3v) is 6.02. The van der Waals surface area contributed by atoms with Gasteiger partial charge in [-0.3, -0.25) is 0 Å². The maximum absolute atomic E-state index is 6.61. The summed E-state index contributed by atoms with van der Waals surface area (Å²) in [5, 5.41) is 0.310. The quantitative estimate of drug-likeness (QED) is 0.584. The number of ether oxygens (including phenoxy) is 1. The van der Waals surface area contributed by atoms with Crippen molar-refractivity contribution >= 4 is 27.5 Å². The maximum atomic E-state index is 6.61. The Morgan fingerprint density at radius 2 is 2.00 bits per heavy atom. The lowest BCUT2D eigenvalue weighted by atomic mass is 9.68. The van der Waals surface area contributed by atoms with Crippen LogP contribution >= 0.6 is 27.5 Å². The van der Waals surface area contributed by atoms with Crippen LogP contribution < -0.4 is 4.74 Å². The van der Waals surface area contributed by atoms with Crippen LogP contribution in [-0.2, 0) is 6.42 Å². The van der Waals surface area contributed by atoms with Crippen LogP contribution in [-0.4, -0.2) is 12.5 Å². The van der Waals surface area contributed by atoms with E-state index in [1.54, 1.807) is 7.11 Å². The predicted molar refractivity (Wildman–Crippen MR) is 94.3 cm³/mol. The molecule has 0 aliphatic heterocycles. The van der Waals surface area contributed by atoms with Gasteiger partial charge in [0.2, 0.25) is 0 Å². The van der Waals surface area contributed by atoms with Gasteiger partial charge in [0.1, 0.15) is 5.75 Å². The fourth-order valence-corrected chi connectivity index (χ4v) is 4.27. The zero-order valence-corrected chi connectivity index (χ0v) is 15.8. The highest BCUT2D eigenvalue weighted by atomic mass is 79.9. The molecule has 0 radical (unpaired) electrons. The molecule has 1 fully saturated rings. The molecule has 3 unspecified atom stereocenters. The Morgan fingerprint density at radius 1 is 1.29 bits per heavy atom. The number of hydrogen-bond acceptors (Lipinski definition) is 1. The molecule has 0 N–H and O–H groups in total. The third-order valence-electron chi connectivity index (χ3n) is 4.83.